The van der Waals surface area contributed by atoms with Crippen molar-refractivity contribution >= 4 is 10.2 Å². The molecule has 0 saturated carbocycles. The van der Waals surface area contributed by atoms with E-state index in [1.165, 1.54) is 16.3 Å². The van der Waals surface area contributed by atoms with Gasteiger partial charge in [-0.25, -0.2) is 0 Å². The highest BCUT2D eigenvalue weighted by molar-refractivity contribution is 6.08. The fraction of sp³-hybridized carbons (Fsp3) is 1.00. The second-order valence-electron chi connectivity index (χ2n) is 3.58. The van der Waals surface area contributed by atoms with Crippen LogP contribution < -0.4 is 0 Å². The van der Waals surface area contributed by atoms with E-state index in [1.807, 2.05) is 13.8 Å². The van der Waals surface area contributed by atoms with E-state index in [2.05, 4.69) is 13.8 Å². The van der Waals surface area contributed by atoms with Gasteiger partial charge in [-0.2, -0.15) is 0 Å². The third-order valence-electron chi connectivity index (χ3n) is 2.19. The zero-order valence-electron chi connectivity index (χ0n) is 9.02. The maximum absolute atomic E-state index is 5.54. The van der Waals surface area contributed by atoms with Crippen molar-refractivity contribution in [2.24, 2.45) is 5.41 Å². The third kappa shape index (κ3) is 3.69. The van der Waals surface area contributed by atoms with Crippen LogP contribution >= 0.6 is 0 Å². The van der Waals surface area contributed by atoms with Crippen molar-refractivity contribution in [2.45, 2.75) is 40.0 Å². The maximum Gasteiger partial charge on any atom is 0.162 e. The molecule has 0 rings (SSSR count). The number of hydrogen-bond donors (Lipinski definition) is 0. The summed E-state index contributed by atoms with van der Waals surface area (Å²) in [6.45, 7) is 9.89. The number of rotatable bonds is 6. The Hall–Kier alpha value is 0.137. The Labute approximate surface area is 79.1 Å². The fourth-order valence-electron chi connectivity index (χ4n) is 0.969. The Morgan fingerprint density at radius 2 is 1.58 bits per heavy atom. The Morgan fingerprint density at radius 3 is 1.83 bits per heavy atom. The zero-order chi connectivity index (χ0) is 9.61. The second-order valence-corrected chi connectivity index (χ2v) is 4.29. The standard InChI is InChI=1S/C9H22O2Si/c1-5-10-8(11-6-2)9(3,4)7-12/h8H,5-7H2,1-4,12H3. The monoisotopic (exact) mass is 190 g/mol. The van der Waals surface area contributed by atoms with Gasteiger partial charge in [0, 0.05) is 28.9 Å². The Morgan fingerprint density at radius 1 is 1.17 bits per heavy atom. The van der Waals surface area contributed by atoms with Crippen LogP contribution in [-0.2, 0) is 9.47 Å². The smallest absolute Gasteiger partial charge is 0.162 e. The van der Waals surface area contributed by atoms with E-state index >= 15 is 0 Å². The first-order valence-electron chi connectivity index (χ1n) is 4.81. The van der Waals surface area contributed by atoms with Crippen LogP contribution in [-0.4, -0.2) is 29.7 Å². The van der Waals surface area contributed by atoms with Gasteiger partial charge in [-0.1, -0.05) is 19.9 Å². The van der Waals surface area contributed by atoms with Gasteiger partial charge in [-0.05, 0) is 13.8 Å². The van der Waals surface area contributed by atoms with Gasteiger partial charge in [0.25, 0.3) is 0 Å². The molecule has 0 spiro atoms. The molecule has 0 bridgehead atoms. The van der Waals surface area contributed by atoms with Gasteiger partial charge in [0.05, 0.1) is 0 Å². The molecule has 2 nitrogen and oxygen atoms in total. The van der Waals surface area contributed by atoms with Gasteiger partial charge < -0.3 is 9.47 Å². The van der Waals surface area contributed by atoms with Gasteiger partial charge in [0.15, 0.2) is 6.29 Å². The molecule has 0 saturated heterocycles. The van der Waals surface area contributed by atoms with E-state index in [4.69, 9.17) is 9.47 Å². The van der Waals surface area contributed by atoms with Crippen LogP contribution in [0.15, 0.2) is 0 Å². The van der Waals surface area contributed by atoms with Gasteiger partial charge in [-0.15, -0.1) is 0 Å². The molecule has 0 aromatic rings. The summed E-state index contributed by atoms with van der Waals surface area (Å²) in [6, 6.07) is 1.21. The van der Waals surface area contributed by atoms with Crippen LogP contribution in [0.5, 0.6) is 0 Å². The molecule has 0 unspecified atom stereocenters. The minimum absolute atomic E-state index is 0.0231. The summed E-state index contributed by atoms with van der Waals surface area (Å²) < 4.78 is 11.1. The number of ether oxygens (including phenoxy) is 2. The quantitative estimate of drug-likeness (QED) is 0.463. The van der Waals surface area contributed by atoms with Crippen molar-refractivity contribution in [3.63, 3.8) is 0 Å². The van der Waals surface area contributed by atoms with Crippen molar-refractivity contribution in [2.75, 3.05) is 13.2 Å². The summed E-state index contributed by atoms with van der Waals surface area (Å²) in [5, 5.41) is 0. The van der Waals surface area contributed by atoms with Crippen molar-refractivity contribution in [3.8, 4) is 0 Å². The van der Waals surface area contributed by atoms with E-state index in [0.29, 0.717) is 0 Å². The van der Waals surface area contributed by atoms with Crippen LogP contribution in [0.3, 0.4) is 0 Å². The summed E-state index contributed by atoms with van der Waals surface area (Å²) in [6.07, 6.45) is -0.0231. The molecule has 0 aromatic heterocycles. The Bertz CT molecular complexity index is 109. The molecule has 0 heterocycles. The second kappa shape index (κ2) is 5.73. The highest BCUT2D eigenvalue weighted by Crippen LogP contribution is 2.27. The Kier molecular flexibility index (Phi) is 5.79. The molecule has 0 aliphatic heterocycles. The molecule has 12 heavy (non-hydrogen) atoms. The van der Waals surface area contributed by atoms with Gasteiger partial charge in [0.2, 0.25) is 0 Å². The number of hydrogen-bond acceptors (Lipinski definition) is 2. The maximum atomic E-state index is 5.54. The molecule has 0 atom stereocenters. The predicted octanol–water partition coefficient (Wildman–Crippen LogP) is 1.20. The fourth-order valence-corrected chi connectivity index (χ4v) is 1.30. The van der Waals surface area contributed by atoms with E-state index in [0.717, 1.165) is 13.2 Å². The summed E-state index contributed by atoms with van der Waals surface area (Å²) in [4.78, 5) is 0. The molecule has 74 valence electrons. The molecule has 0 N–H and O–H groups in total. The van der Waals surface area contributed by atoms with E-state index < -0.39 is 0 Å². The lowest BCUT2D eigenvalue weighted by Crippen LogP contribution is -2.34. The van der Waals surface area contributed by atoms with Crippen molar-refractivity contribution in [1.29, 1.82) is 0 Å². The van der Waals surface area contributed by atoms with Gasteiger partial charge in [0.1, 0.15) is 0 Å². The van der Waals surface area contributed by atoms with Crippen LogP contribution in [0.4, 0.5) is 0 Å². The highest BCUT2D eigenvalue weighted by Gasteiger charge is 2.28. The van der Waals surface area contributed by atoms with Crippen molar-refractivity contribution in [3.05, 3.63) is 0 Å². The van der Waals surface area contributed by atoms with Gasteiger partial charge in [-0.3, -0.25) is 0 Å². The van der Waals surface area contributed by atoms with E-state index in [9.17, 15) is 0 Å². The molecular weight excluding hydrogens is 168 g/mol. The summed E-state index contributed by atoms with van der Waals surface area (Å²) in [7, 11) is 1.20. The SMILES string of the molecule is CCOC(OCC)C(C)(C)C[SiH3]. The lowest BCUT2D eigenvalue weighted by atomic mass is 9.95. The van der Waals surface area contributed by atoms with Crippen LogP contribution in [0.25, 0.3) is 0 Å². The average Bonchev–Trinajstić information content (AvgIpc) is 2.04. The van der Waals surface area contributed by atoms with Gasteiger partial charge >= 0.3 is 0 Å². The molecule has 0 radical (unpaired) electrons. The first-order valence-corrected chi connectivity index (χ1v) is 6.23. The van der Waals surface area contributed by atoms with Crippen molar-refractivity contribution in [1.82, 2.24) is 0 Å². The summed E-state index contributed by atoms with van der Waals surface area (Å²) in [5.41, 5.74) is 0.179. The van der Waals surface area contributed by atoms with Crippen molar-refractivity contribution < 1.29 is 9.47 Å². The first kappa shape index (κ1) is 12.1. The third-order valence-corrected chi connectivity index (χ3v) is 4.01. The molecule has 0 fully saturated rings. The lowest BCUT2D eigenvalue weighted by molar-refractivity contribution is -0.188. The molecule has 0 aliphatic carbocycles. The minimum atomic E-state index is -0.0231. The first-order chi connectivity index (χ1) is 5.58. The lowest BCUT2D eigenvalue weighted by Gasteiger charge is -2.32. The molecule has 0 amide bonds. The van der Waals surface area contributed by atoms with Crippen LogP contribution in [0.2, 0.25) is 6.04 Å². The topological polar surface area (TPSA) is 18.5 Å². The predicted molar refractivity (Wildman–Crippen MR) is 55.6 cm³/mol. The summed E-state index contributed by atoms with van der Waals surface area (Å²) >= 11 is 0. The normalized spacial score (nSPS) is 12.8. The molecule has 0 aromatic carbocycles. The highest BCUT2D eigenvalue weighted by atomic mass is 28.1. The zero-order valence-corrected chi connectivity index (χ0v) is 11.0. The summed E-state index contributed by atoms with van der Waals surface area (Å²) in [5.74, 6) is 0. The molecule has 3 heteroatoms. The molecule has 0 aliphatic rings. The molecular formula is C9H22O2Si. The van der Waals surface area contributed by atoms with E-state index in [-0.39, 0.29) is 11.7 Å². The average molecular weight is 190 g/mol. The van der Waals surface area contributed by atoms with E-state index in [1.54, 1.807) is 0 Å². The van der Waals surface area contributed by atoms with Crippen LogP contribution in [0, 0.1) is 5.41 Å². The minimum Gasteiger partial charge on any atom is -0.352 e. The van der Waals surface area contributed by atoms with Crippen LogP contribution in [0.1, 0.15) is 27.7 Å². The Balaban J connectivity index is 4.07. The largest absolute Gasteiger partial charge is 0.352 e.